The van der Waals surface area contributed by atoms with Crippen LogP contribution in [-0.2, 0) is 7.05 Å². The third-order valence-electron chi connectivity index (χ3n) is 4.74. The van der Waals surface area contributed by atoms with E-state index in [-0.39, 0.29) is 23.3 Å². The number of fused-ring (bicyclic) bond motifs is 1. The molecule has 0 saturated carbocycles. The van der Waals surface area contributed by atoms with Crippen molar-refractivity contribution in [2.75, 3.05) is 13.1 Å². The van der Waals surface area contributed by atoms with Gasteiger partial charge in [-0.2, -0.15) is 0 Å². The molecule has 1 atom stereocenters. The monoisotopic (exact) mass is 305 g/mol. The van der Waals surface area contributed by atoms with Crippen LogP contribution < -0.4 is 16.6 Å². The van der Waals surface area contributed by atoms with E-state index in [1.807, 2.05) is 18.4 Å². The van der Waals surface area contributed by atoms with Gasteiger partial charge in [0.25, 0.3) is 5.56 Å². The Labute approximate surface area is 128 Å². The molecule has 0 spiro atoms. The van der Waals surface area contributed by atoms with E-state index in [2.05, 4.69) is 10.3 Å². The van der Waals surface area contributed by atoms with E-state index in [9.17, 15) is 9.59 Å². The molecule has 2 aromatic rings. The number of hydrogen-bond acceptors (Lipinski definition) is 4. The van der Waals surface area contributed by atoms with Crippen molar-refractivity contribution in [2.24, 2.45) is 7.05 Å². The van der Waals surface area contributed by atoms with Crippen molar-refractivity contribution >= 4 is 11.2 Å². The van der Waals surface area contributed by atoms with Gasteiger partial charge in [-0.1, -0.05) is 6.92 Å². The van der Waals surface area contributed by atoms with E-state index < -0.39 is 0 Å². The summed E-state index contributed by atoms with van der Waals surface area (Å²) in [6, 6.07) is 0.278. The molecular weight excluding hydrogens is 282 g/mol. The van der Waals surface area contributed by atoms with Crippen LogP contribution >= 0.6 is 0 Å². The van der Waals surface area contributed by atoms with E-state index in [4.69, 9.17) is 0 Å². The van der Waals surface area contributed by atoms with E-state index in [1.165, 1.54) is 4.57 Å². The molecule has 1 aliphatic rings. The summed E-state index contributed by atoms with van der Waals surface area (Å²) < 4.78 is 4.82. The van der Waals surface area contributed by atoms with Crippen LogP contribution in [0.15, 0.2) is 15.9 Å². The molecule has 3 heterocycles. The van der Waals surface area contributed by atoms with Gasteiger partial charge in [0.05, 0.1) is 6.33 Å². The number of nitrogens with one attached hydrogen (secondary N) is 1. The zero-order chi connectivity index (χ0) is 15.9. The van der Waals surface area contributed by atoms with Crippen molar-refractivity contribution in [1.29, 1.82) is 0 Å². The first-order valence-electron chi connectivity index (χ1n) is 7.95. The Morgan fingerprint density at radius 2 is 2.05 bits per heavy atom. The van der Waals surface area contributed by atoms with Crippen molar-refractivity contribution < 1.29 is 0 Å². The zero-order valence-electron chi connectivity index (χ0n) is 13.4. The molecule has 22 heavy (non-hydrogen) atoms. The maximum atomic E-state index is 12.6. The Kier molecular flexibility index (Phi) is 3.90. The lowest BCUT2D eigenvalue weighted by molar-refractivity contribution is 0.373. The highest BCUT2D eigenvalue weighted by Gasteiger charge is 2.23. The van der Waals surface area contributed by atoms with E-state index in [0.29, 0.717) is 11.2 Å². The third kappa shape index (κ3) is 2.20. The molecule has 0 radical (unpaired) electrons. The van der Waals surface area contributed by atoms with Crippen molar-refractivity contribution in [2.45, 2.75) is 45.2 Å². The fourth-order valence-electron chi connectivity index (χ4n) is 3.17. The summed E-state index contributed by atoms with van der Waals surface area (Å²) in [7, 11) is 1.54. The highest BCUT2D eigenvalue weighted by atomic mass is 16.2. The number of imidazole rings is 1. The van der Waals surface area contributed by atoms with Gasteiger partial charge in [-0.25, -0.2) is 9.78 Å². The van der Waals surface area contributed by atoms with Crippen LogP contribution in [0.25, 0.3) is 11.2 Å². The van der Waals surface area contributed by atoms with E-state index >= 15 is 0 Å². The molecule has 0 aliphatic carbocycles. The van der Waals surface area contributed by atoms with Gasteiger partial charge in [-0.15, -0.1) is 0 Å². The van der Waals surface area contributed by atoms with Gasteiger partial charge in [0, 0.05) is 19.1 Å². The topological polar surface area (TPSA) is 73.8 Å². The number of hydrogen-bond donors (Lipinski definition) is 1. The first kappa shape index (κ1) is 15.0. The second kappa shape index (κ2) is 5.72. The summed E-state index contributed by atoms with van der Waals surface area (Å²) in [5.74, 6) is 0. The minimum Gasteiger partial charge on any atom is -0.322 e. The van der Waals surface area contributed by atoms with Crippen molar-refractivity contribution in [3.05, 3.63) is 27.2 Å². The normalized spacial score (nSPS) is 18.0. The zero-order valence-corrected chi connectivity index (χ0v) is 13.4. The van der Waals surface area contributed by atoms with Gasteiger partial charge in [0.1, 0.15) is 0 Å². The SMILES string of the molecule is CCC(C)n1c(=O)n(C)c(=O)c2c1ncn2C1CCNCC1. The Balaban J connectivity index is 2.28. The number of nitrogens with zero attached hydrogens (tertiary/aromatic N) is 4. The predicted molar refractivity (Wildman–Crippen MR) is 85.4 cm³/mol. The number of rotatable bonds is 3. The van der Waals surface area contributed by atoms with Gasteiger partial charge in [0.2, 0.25) is 0 Å². The Morgan fingerprint density at radius 3 is 2.68 bits per heavy atom. The maximum Gasteiger partial charge on any atom is 0.332 e. The molecule has 1 saturated heterocycles. The molecule has 2 aromatic heterocycles. The van der Waals surface area contributed by atoms with Gasteiger partial charge in [-0.3, -0.25) is 13.9 Å². The fourth-order valence-corrected chi connectivity index (χ4v) is 3.17. The van der Waals surface area contributed by atoms with Crippen LogP contribution in [-0.4, -0.2) is 31.8 Å². The van der Waals surface area contributed by atoms with Crippen LogP contribution in [0.4, 0.5) is 0 Å². The van der Waals surface area contributed by atoms with E-state index in [0.717, 1.165) is 32.4 Å². The summed E-state index contributed by atoms with van der Waals surface area (Å²) in [6.45, 7) is 5.89. The second-order valence-electron chi connectivity index (χ2n) is 6.08. The third-order valence-corrected chi connectivity index (χ3v) is 4.74. The number of aromatic nitrogens is 4. The first-order valence-corrected chi connectivity index (χ1v) is 7.95. The Bertz CT molecular complexity index is 795. The van der Waals surface area contributed by atoms with E-state index in [1.54, 1.807) is 17.9 Å². The molecule has 1 unspecified atom stereocenters. The molecule has 1 fully saturated rings. The van der Waals surface area contributed by atoms with Crippen LogP contribution in [0.1, 0.15) is 45.2 Å². The Hall–Kier alpha value is -1.89. The van der Waals surface area contributed by atoms with Crippen molar-refractivity contribution in [1.82, 2.24) is 24.0 Å². The quantitative estimate of drug-likeness (QED) is 0.910. The largest absolute Gasteiger partial charge is 0.332 e. The molecule has 3 rings (SSSR count). The highest BCUT2D eigenvalue weighted by molar-refractivity contribution is 5.70. The molecule has 7 nitrogen and oxygen atoms in total. The summed E-state index contributed by atoms with van der Waals surface area (Å²) in [4.78, 5) is 29.5. The highest BCUT2D eigenvalue weighted by Crippen LogP contribution is 2.23. The lowest BCUT2D eigenvalue weighted by Crippen LogP contribution is -2.40. The first-order chi connectivity index (χ1) is 10.6. The van der Waals surface area contributed by atoms with Crippen LogP contribution in [0.5, 0.6) is 0 Å². The average molecular weight is 305 g/mol. The van der Waals surface area contributed by atoms with Gasteiger partial charge in [-0.05, 0) is 39.3 Å². The lowest BCUT2D eigenvalue weighted by atomic mass is 10.1. The molecule has 1 aliphatic heterocycles. The summed E-state index contributed by atoms with van der Waals surface area (Å²) >= 11 is 0. The van der Waals surface area contributed by atoms with Crippen LogP contribution in [0.2, 0.25) is 0 Å². The molecule has 0 amide bonds. The standard InChI is InChI=1S/C15H23N5O2/c1-4-10(2)20-13-12(14(21)18(3)15(20)22)19(9-17-13)11-5-7-16-8-6-11/h9-11,16H,4-8H2,1-3H3. The van der Waals surface area contributed by atoms with Gasteiger partial charge < -0.3 is 9.88 Å². The van der Waals surface area contributed by atoms with Gasteiger partial charge in [0.15, 0.2) is 11.2 Å². The molecule has 0 bridgehead atoms. The lowest BCUT2D eigenvalue weighted by Gasteiger charge is -2.24. The smallest absolute Gasteiger partial charge is 0.322 e. The number of piperidine rings is 1. The molecule has 7 heteroatoms. The molecule has 120 valence electrons. The molecule has 0 aromatic carbocycles. The van der Waals surface area contributed by atoms with Crippen molar-refractivity contribution in [3.8, 4) is 0 Å². The summed E-state index contributed by atoms with van der Waals surface area (Å²) in [6.07, 6.45) is 4.47. The summed E-state index contributed by atoms with van der Waals surface area (Å²) in [5, 5.41) is 3.33. The molecular formula is C15H23N5O2. The average Bonchev–Trinajstić information content (AvgIpc) is 2.98. The van der Waals surface area contributed by atoms with Crippen molar-refractivity contribution in [3.63, 3.8) is 0 Å². The van der Waals surface area contributed by atoms with Crippen LogP contribution in [0, 0.1) is 0 Å². The second-order valence-corrected chi connectivity index (χ2v) is 6.08. The van der Waals surface area contributed by atoms with Gasteiger partial charge >= 0.3 is 5.69 Å². The fraction of sp³-hybridized carbons (Fsp3) is 0.667. The van der Waals surface area contributed by atoms with Crippen LogP contribution in [0.3, 0.4) is 0 Å². The summed E-state index contributed by atoms with van der Waals surface area (Å²) in [5.41, 5.74) is 0.522. The predicted octanol–water partition coefficient (Wildman–Crippen LogP) is 0.792. The minimum atomic E-state index is -0.289. The molecule has 1 N–H and O–H groups in total. The Morgan fingerprint density at radius 1 is 1.36 bits per heavy atom. The minimum absolute atomic E-state index is 0.0122. The maximum absolute atomic E-state index is 12.6.